The van der Waals surface area contributed by atoms with Crippen LogP contribution in [0.5, 0.6) is 11.5 Å². The summed E-state index contributed by atoms with van der Waals surface area (Å²) in [5.41, 5.74) is 1.22. The first-order chi connectivity index (χ1) is 14.4. The largest absolute Gasteiger partial charge is 0.493 e. The number of aromatic nitrogens is 3. The van der Waals surface area contributed by atoms with E-state index in [1.165, 1.54) is 31.0 Å². The molecule has 154 valence electrons. The van der Waals surface area contributed by atoms with E-state index in [-0.39, 0.29) is 10.7 Å². The first kappa shape index (κ1) is 19.7. The number of nitrogens with zero attached hydrogens (tertiary/aromatic N) is 3. The zero-order valence-electron chi connectivity index (χ0n) is 16.7. The second-order valence-electron chi connectivity index (χ2n) is 6.50. The summed E-state index contributed by atoms with van der Waals surface area (Å²) in [4.78, 5) is 4.77. The second kappa shape index (κ2) is 7.68. The molecule has 4 rings (SSSR count). The minimum Gasteiger partial charge on any atom is -0.493 e. The van der Waals surface area contributed by atoms with Crippen LogP contribution in [0.3, 0.4) is 0 Å². The van der Waals surface area contributed by atoms with Crippen molar-refractivity contribution in [2.24, 2.45) is 0 Å². The smallest absolute Gasteiger partial charge is 0.263 e. The van der Waals surface area contributed by atoms with E-state index in [1.807, 2.05) is 30.3 Å². The molecule has 0 fully saturated rings. The number of pyridine rings is 1. The predicted octanol–water partition coefficient (Wildman–Crippen LogP) is 3.55. The molecular formula is C21H20N4O4S. The molecule has 0 saturated carbocycles. The van der Waals surface area contributed by atoms with Crippen LogP contribution in [0.2, 0.25) is 0 Å². The van der Waals surface area contributed by atoms with Crippen LogP contribution in [0.1, 0.15) is 5.69 Å². The normalized spacial score (nSPS) is 11.4. The van der Waals surface area contributed by atoms with Crippen molar-refractivity contribution in [1.82, 2.24) is 14.8 Å². The lowest BCUT2D eigenvalue weighted by atomic mass is 10.2. The van der Waals surface area contributed by atoms with Crippen molar-refractivity contribution >= 4 is 26.7 Å². The summed E-state index contributed by atoms with van der Waals surface area (Å²) in [5, 5.41) is 5.36. The topological polar surface area (TPSA) is 95.3 Å². The molecule has 9 heteroatoms. The Labute approximate surface area is 174 Å². The molecule has 1 N–H and O–H groups in total. The zero-order valence-corrected chi connectivity index (χ0v) is 17.5. The van der Waals surface area contributed by atoms with Gasteiger partial charge in [-0.15, -0.1) is 0 Å². The van der Waals surface area contributed by atoms with Gasteiger partial charge >= 0.3 is 0 Å². The van der Waals surface area contributed by atoms with Gasteiger partial charge in [-0.3, -0.25) is 4.72 Å². The third kappa shape index (κ3) is 3.43. The summed E-state index contributed by atoms with van der Waals surface area (Å²) in [6, 6.07) is 17.5. The van der Waals surface area contributed by atoms with Crippen LogP contribution in [-0.4, -0.2) is 37.4 Å². The predicted molar refractivity (Wildman–Crippen MR) is 114 cm³/mol. The number of ether oxygens (including phenoxy) is 2. The number of hydrogen-bond donors (Lipinski definition) is 1. The van der Waals surface area contributed by atoms with Gasteiger partial charge in [0.05, 0.1) is 24.6 Å². The Morgan fingerprint density at radius 2 is 1.67 bits per heavy atom. The number of para-hydroxylation sites is 1. The highest BCUT2D eigenvalue weighted by Crippen LogP contribution is 2.35. The van der Waals surface area contributed by atoms with Crippen molar-refractivity contribution in [2.45, 2.75) is 11.8 Å². The minimum absolute atomic E-state index is 0.121. The minimum atomic E-state index is -3.88. The molecule has 0 aliphatic rings. The number of fused-ring (bicyclic) bond motifs is 1. The number of anilines is 1. The monoisotopic (exact) mass is 424 g/mol. The van der Waals surface area contributed by atoms with Crippen LogP contribution in [0.4, 0.5) is 5.82 Å². The number of nitrogens with one attached hydrogen (secondary N) is 1. The number of methoxy groups -OCH3 is 2. The first-order valence-electron chi connectivity index (χ1n) is 9.10. The van der Waals surface area contributed by atoms with Gasteiger partial charge in [0, 0.05) is 5.39 Å². The molecule has 30 heavy (non-hydrogen) atoms. The van der Waals surface area contributed by atoms with Crippen molar-refractivity contribution in [1.29, 1.82) is 0 Å². The van der Waals surface area contributed by atoms with Gasteiger partial charge < -0.3 is 9.47 Å². The second-order valence-corrected chi connectivity index (χ2v) is 8.19. The van der Waals surface area contributed by atoms with Crippen LogP contribution >= 0.6 is 0 Å². The van der Waals surface area contributed by atoms with E-state index in [1.54, 1.807) is 25.1 Å². The Bertz CT molecular complexity index is 1320. The fraction of sp³-hybridized carbons (Fsp3) is 0.143. The molecule has 0 aliphatic carbocycles. The van der Waals surface area contributed by atoms with E-state index in [0.29, 0.717) is 23.0 Å². The highest BCUT2D eigenvalue weighted by Gasteiger charge is 2.26. The first-order valence-corrected chi connectivity index (χ1v) is 10.6. The fourth-order valence-corrected chi connectivity index (χ4v) is 4.24. The molecule has 4 aromatic rings. The molecule has 2 aromatic heterocycles. The molecule has 0 spiro atoms. The van der Waals surface area contributed by atoms with Crippen LogP contribution < -0.4 is 14.2 Å². The van der Waals surface area contributed by atoms with E-state index >= 15 is 0 Å². The Morgan fingerprint density at radius 1 is 0.967 bits per heavy atom. The molecule has 0 atom stereocenters. The van der Waals surface area contributed by atoms with Gasteiger partial charge in [0.25, 0.3) is 10.0 Å². The van der Waals surface area contributed by atoms with E-state index in [4.69, 9.17) is 9.47 Å². The van der Waals surface area contributed by atoms with E-state index in [9.17, 15) is 8.42 Å². The number of sulfonamides is 1. The molecule has 0 saturated heterocycles. The van der Waals surface area contributed by atoms with Crippen LogP contribution in [0, 0.1) is 6.92 Å². The average molecular weight is 424 g/mol. The summed E-state index contributed by atoms with van der Waals surface area (Å²) in [6.45, 7) is 1.73. The maximum atomic E-state index is 13.0. The SMILES string of the molecule is COc1cc2ccccc2nc1-n1nc(C)c(OC)c1NS(=O)(=O)c1ccccc1. The molecule has 0 bridgehead atoms. The quantitative estimate of drug-likeness (QED) is 0.509. The van der Waals surface area contributed by atoms with Crippen LogP contribution in [0.25, 0.3) is 16.7 Å². The lowest BCUT2D eigenvalue weighted by Crippen LogP contribution is -2.17. The summed E-state index contributed by atoms with van der Waals surface area (Å²) in [6.07, 6.45) is 0. The molecule has 0 unspecified atom stereocenters. The number of hydrogen-bond acceptors (Lipinski definition) is 6. The van der Waals surface area contributed by atoms with Gasteiger partial charge in [-0.1, -0.05) is 36.4 Å². The van der Waals surface area contributed by atoms with Crippen molar-refractivity contribution in [2.75, 3.05) is 18.9 Å². The van der Waals surface area contributed by atoms with Gasteiger partial charge in [0.15, 0.2) is 23.1 Å². The Hall–Kier alpha value is -3.59. The third-order valence-corrected chi connectivity index (χ3v) is 5.94. The van der Waals surface area contributed by atoms with Crippen molar-refractivity contribution in [3.8, 4) is 17.3 Å². The van der Waals surface area contributed by atoms with E-state index in [0.717, 1.165) is 10.9 Å². The molecule has 0 radical (unpaired) electrons. The molecule has 8 nitrogen and oxygen atoms in total. The Kier molecular flexibility index (Phi) is 5.04. The Morgan fingerprint density at radius 3 is 2.37 bits per heavy atom. The standard InChI is InChI=1S/C21H20N4O4S/c1-14-19(29-3)21(24-30(26,27)16-10-5-4-6-11-16)25(23-14)20-18(28-2)13-15-9-7-8-12-17(15)22-20/h4-13,24H,1-3H3. The maximum Gasteiger partial charge on any atom is 0.263 e. The molecule has 0 amide bonds. The zero-order chi connectivity index (χ0) is 21.3. The summed E-state index contributed by atoms with van der Waals surface area (Å²) in [5.74, 6) is 1.22. The summed E-state index contributed by atoms with van der Waals surface area (Å²) in [7, 11) is -0.902. The molecular weight excluding hydrogens is 404 g/mol. The van der Waals surface area contributed by atoms with Crippen LogP contribution in [-0.2, 0) is 10.0 Å². The highest BCUT2D eigenvalue weighted by atomic mass is 32.2. The number of rotatable bonds is 6. The van der Waals surface area contributed by atoms with Crippen LogP contribution in [0.15, 0.2) is 65.6 Å². The highest BCUT2D eigenvalue weighted by molar-refractivity contribution is 7.92. The maximum absolute atomic E-state index is 13.0. The van der Waals surface area contributed by atoms with Gasteiger partial charge in [-0.05, 0) is 31.2 Å². The van der Waals surface area contributed by atoms with Gasteiger partial charge in [0.1, 0.15) is 5.69 Å². The number of aryl methyl sites for hydroxylation is 1. The summed E-state index contributed by atoms with van der Waals surface area (Å²) >= 11 is 0. The lowest BCUT2D eigenvalue weighted by Gasteiger charge is -2.14. The van der Waals surface area contributed by atoms with Gasteiger partial charge in [0.2, 0.25) is 0 Å². The molecule has 2 heterocycles. The number of benzene rings is 2. The van der Waals surface area contributed by atoms with Crippen molar-refractivity contribution in [3.05, 3.63) is 66.4 Å². The Balaban J connectivity index is 1.92. The van der Waals surface area contributed by atoms with E-state index in [2.05, 4.69) is 14.8 Å². The van der Waals surface area contributed by atoms with Crippen molar-refractivity contribution < 1.29 is 17.9 Å². The van der Waals surface area contributed by atoms with Gasteiger partial charge in [-0.2, -0.15) is 9.78 Å². The molecule has 2 aromatic carbocycles. The lowest BCUT2D eigenvalue weighted by molar-refractivity contribution is 0.409. The summed E-state index contributed by atoms with van der Waals surface area (Å²) < 4.78 is 40.9. The molecule has 0 aliphatic heterocycles. The third-order valence-electron chi connectivity index (χ3n) is 4.58. The van der Waals surface area contributed by atoms with Gasteiger partial charge in [-0.25, -0.2) is 13.4 Å². The average Bonchev–Trinajstić information content (AvgIpc) is 3.07. The van der Waals surface area contributed by atoms with Crippen molar-refractivity contribution in [3.63, 3.8) is 0 Å². The fourth-order valence-electron chi connectivity index (χ4n) is 3.17. The van der Waals surface area contributed by atoms with E-state index < -0.39 is 10.0 Å².